The van der Waals surface area contributed by atoms with E-state index in [-0.39, 0.29) is 12.2 Å². The Morgan fingerprint density at radius 3 is 2.56 bits per heavy atom. The predicted octanol–water partition coefficient (Wildman–Crippen LogP) is 0.231. The first kappa shape index (κ1) is 15.6. The molecule has 0 aromatic heterocycles. The van der Waals surface area contributed by atoms with E-state index in [0.29, 0.717) is 13.1 Å². The lowest BCUT2D eigenvalue weighted by Gasteiger charge is -2.36. The molecule has 0 bridgehead atoms. The minimum atomic E-state index is -0.995. The van der Waals surface area contributed by atoms with E-state index >= 15 is 0 Å². The zero-order valence-electron chi connectivity index (χ0n) is 10.7. The van der Waals surface area contributed by atoms with E-state index in [9.17, 15) is 15.0 Å². The molecule has 1 rings (SSSR count). The van der Waals surface area contributed by atoms with Gasteiger partial charge in [0.2, 0.25) is 6.29 Å². The highest BCUT2D eigenvalue weighted by Gasteiger charge is 2.38. The van der Waals surface area contributed by atoms with Gasteiger partial charge in [0.25, 0.3) is 0 Å². The predicted molar refractivity (Wildman–Crippen MR) is 68.5 cm³/mol. The maximum Gasteiger partial charge on any atom is 0.412 e. The highest BCUT2D eigenvalue weighted by atomic mass is 32.1. The van der Waals surface area contributed by atoms with Gasteiger partial charge < -0.3 is 24.6 Å². The second kappa shape index (κ2) is 7.18. The molecule has 0 aromatic carbocycles. The van der Waals surface area contributed by atoms with Gasteiger partial charge in [0.05, 0.1) is 12.2 Å². The number of carbonyl (C=O) groups is 1. The van der Waals surface area contributed by atoms with E-state index in [1.165, 1.54) is 4.90 Å². The molecule has 7 heteroatoms. The number of amides is 1. The number of aliphatic hydroxyl groups is 2. The van der Waals surface area contributed by atoms with Crippen molar-refractivity contribution in [2.24, 2.45) is 0 Å². The number of aliphatic hydroxyl groups excluding tert-OH is 2. The third kappa shape index (κ3) is 3.74. The maximum absolute atomic E-state index is 11.7. The van der Waals surface area contributed by atoms with Crippen molar-refractivity contribution in [1.82, 2.24) is 4.90 Å². The van der Waals surface area contributed by atoms with Crippen LogP contribution in [0.1, 0.15) is 20.3 Å². The molecule has 1 amide bonds. The molecule has 0 spiro atoms. The Morgan fingerprint density at radius 1 is 1.44 bits per heavy atom. The normalized spacial score (nSPS) is 32.1. The molecule has 0 saturated carbocycles. The summed E-state index contributed by atoms with van der Waals surface area (Å²) in [5.41, 5.74) is 0. The van der Waals surface area contributed by atoms with Crippen LogP contribution in [0.2, 0.25) is 0 Å². The van der Waals surface area contributed by atoms with Gasteiger partial charge in [-0.15, -0.1) is 0 Å². The zero-order valence-corrected chi connectivity index (χ0v) is 11.5. The number of thiol groups is 1. The smallest absolute Gasteiger partial charge is 0.412 e. The lowest BCUT2D eigenvalue weighted by Crippen LogP contribution is -2.51. The molecule has 1 saturated heterocycles. The molecule has 1 fully saturated rings. The molecular formula is C11H21NO5S. The van der Waals surface area contributed by atoms with Crippen molar-refractivity contribution in [1.29, 1.82) is 0 Å². The Hall–Kier alpha value is -0.500. The second-order valence-electron chi connectivity index (χ2n) is 4.14. The largest absolute Gasteiger partial charge is 0.419 e. The van der Waals surface area contributed by atoms with Crippen molar-refractivity contribution in [3.05, 3.63) is 0 Å². The SMILES string of the molecule is CCN(CC)C(=O)O[C@H]1CC(O)[C@H](O)[C@@H](CS)O1. The number of nitrogens with zero attached hydrogens (tertiary/aromatic N) is 1. The second-order valence-corrected chi connectivity index (χ2v) is 4.50. The Bertz CT molecular complexity index is 274. The van der Waals surface area contributed by atoms with Crippen molar-refractivity contribution in [2.75, 3.05) is 18.8 Å². The molecule has 1 aliphatic rings. The van der Waals surface area contributed by atoms with Crippen LogP contribution >= 0.6 is 12.6 Å². The van der Waals surface area contributed by atoms with Gasteiger partial charge in [-0.3, -0.25) is 0 Å². The molecule has 106 valence electrons. The highest BCUT2D eigenvalue weighted by Crippen LogP contribution is 2.22. The first-order valence-electron chi connectivity index (χ1n) is 6.11. The average Bonchev–Trinajstić information content (AvgIpc) is 2.35. The first-order chi connectivity index (χ1) is 8.53. The fourth-order valence-corrected chi connectivity index (χ4v) is 2.11. The Kier molecular flexibility index (Phi) is 6.20. The van der Waals surface area contributed by atoms with Gasteiger partial charge in [0.15, 0.2) is 0 Å². The van der Waals surface area contributed by atoms with Gasteiger partial charge in [-0.1, -0.05) is 0 Å². The van der Waals surface area contributed by atoms with E-state index in [4.69, 9.17) is 9.47 Å². The van der Waals surface area contributed by atoms with Crippen LogP contribution in [-0.2, 0) is 9.47 Å². The number of carbonyl (C=O) groups excluding carboxylic acids is 1. The van der Waals surface area contributed by atoms with Gasteiger partial charge >= 0.3 is 6.09 Å². The van der Waals surface area contributed by atoms with Crippen molar-refractivity contribution in [2.45, 2.75) is 44.9 Å². The monoisotopic (exact) mass is 279 g/mol. The van der Waals surface area contributed by atoms with E-state index in [1.54, 1.807) is 0 Å². The summed E-state index contributed by atoms with van der Waals surface area (Å²) in [4.78, 5) is 13.2. The molecule has 2 N–H and O–H groups in total. The van der Waals surface area contributed by atoms with E-state index in [0.717, 1.165) is 0 Å². The van der Waals surface area contributed by atoms with Crippen LogP contribution in [0, 0.1) is 0 Å². The lowest BCUT2D eigenvalue weighted by molar-refractivity contribution is -0.226. The molecule has 0 aliphatic carbocycles. The van der Waals surface area contributed by atoms with Crippen molar-refractivity contribution < 1.29 is 24.5 Å². The average molecular weight is 279 g/mol. The van der Waals surface area contributed by atoms with Gasteiger partial charge in [0, 0.05) is 25.3 Å². The summed E-state index contributed by atoms with van der Waals surface area (Å²) in [6, 6.07) is 0. The molecule has 1 aliphatic heterocycles. The molecule has 0 radical (unpaired) electrons. The van der Waals surface area contributed by atoms with Crippen LogP contribution in [0.3, 0.4) is 0 Å². The fraction of sp³-hybridized carbons (Fsp3) is 0.909. The maximum atomic E-state index is 11.7. The number of hydrogen-bond acceptors (Lipinski definition) is 6. The molecule has 0 aromatic rings. The number of hydrogen-bond donors (Lipinski definition) is 3. The Labute approximate surface area is 112 Å². The minimum absolute atomic E-state index is 0.0679. The number of ether oxygens (including phenoxy) is 2. The highest BCUT2D eigenvalue weighted by molar-refractivity contribution is 7.80. The van der Waals surface area contributed by atoms with Crippen LogP contribution in [0.5, 0.6) is 0 Å². The fourth-order valence-electron chi connectivity index (χ4n) is 1.81. The molecule has 1 unspecified atom stereocenters. The van der Waals surface area contributed by atoms with Crippen LogP contribution < -0.4 is 0 Å². The van der Waals surface area contributed by atoms with E-state index in [1.807, 2.05) is 13.8 Å². The van der Waals surface area contributed by atoms with Crippen LogP contribution in [-0.4, -0.2) is 64.7 Å². The van der Waals surface area contributed by atoms with Crippen LogP contribution in [0.4, 0.5) is 4.79 Å². The third-order valence-corrected chi connectivity index (χ3v) is 3.33. The summed E-state index contributed by atoms with van der Waals surface area (Å²) in [5, 5.41) is 19.3. The topological polar surface area (TPSA) is 79.2 Å². The summed E-state index contributed by atoms with van der Waals surface area (Å²) in [6.07, 6.45) is -3.85. The quantitative estimate of drug-likeness (QED) is 0.642. The van der Waals surface area contributed by atoms with Crippen molar-refractivity contribution in [3.8, 4) is 0 Å². The van der Waals surface area contributed by atoms with Gasteiger partial charge in [-0.25, -0.2) is 4.79 Å². The summed E-state index contributed by atoms with van der Waals surface area (Å²) < 4.78 is 10.5. The summed E-state index contributed by atoms with van der Waals surface area (Å²) in [7, 11) is 0. The molecular weight excluding hydrogens is 258 g/mol. The summed E-state index contributed by atoms with van der Waals surface area (Å²) in [6.45, 7) is 4.79. The zero-order chi connectivity index (χ0) is 13.7. The lowest BCUT2D eigenvalue weighted by atomic mass is 10.0. The molecule has 18 heavy (non-hydrogen) atoms. The van der Waals surface area contributed by atoms with Crippen molar-refractivity contribution in [3.63, 3.8) is 0 Å². The van der Waals surface area contributed by atoms with Crippen LogP contribution in [0.25, 0.3) is 0 Å². The summed E-state index contributed by atoms with van der Waals surface area (Å²) >= 11 is 4.03. The first-order valence-corrected chi connectivity index (χ1v) is 6.74. The Balaban J connectivity index is 2.55. The minimum Gasteiger partial charge on any atom is -0.419 e. The molecule has 1 heterocycles. The molecule has 4 atom stereocenters. The van der Waals surface area contributed by atoms with Crippen LogP contribution in [0.15, 0.2) is 0 Å². The standard InChI is InChI=1S/C11H21NO5S/c1-3-12(4-2)11(15)17-9-5-7(13)10(14)8(6-18)16-9/h7-10,13-14,18H,3-6H2,1-2H3/t7?,8-,9+,10+/m1/s1. The van der Waals surface area contributed by atoms with Crippen molar-refractivity contribution >= 4 is 18.7 Å². The third-order valence-electron chi connectivity index (χ3n) is 2.97. The van der Waals surface area contributed by atoms with Gasteiger partial charge in [-0.05, 0) is 13.8 Å². The number of rotatable bonds is 4. The van der Waals surface area contributed by atoms with E-state index < -0.39 is 30.7 Å². The van der Waals surface area contributed by atoms with Gasteiger partial charge in [0.1, 0.15) is 6.10 Å². The molecule has 6 nitrogen and oxygen atoms in total. The van der Waals surface area contributed by atoms with E-state index in [2.05, 4.69) is 12.6 Å². The Morgan fingerprint density at radius 2 is 2.06 bits per heavy atom. The van der Waals surface area contributed by atoms with Gasteiger partial charge in [-0.2, -0.15) is 12.6 Å². The summed E-state index contributed by atoms with van der Waals surface area (Å²) in [5.74, 6) is 0.248.